The first-order valence-electron chi connectivity index (χ1n) is 9.29. The van der Waals surface area contributed by atoms with E-state index in [0.29, 0.717) is 23.5 Å². The largest absolute Gasteiger partial charge is 0.493 e. The predicted molar refractivity (Wildman–Crippen MR) is 109 cm³/mol. The van der Waals surface area contributed by atoms with E-state index < -0.39 is 12.0 Å². The number of rotatable bonds is 9. The van der Waals surface area contributed by atoms with Crippen molar-refractivity contribution in [2.24, 2.45) is 0 Å². The number of carboxylic acid groups (broad SMARTS) is 1. The smallest absolute Gasteiger partial charge is 0.305 e. The highest BCUT2D eigenvalue weighted by atomic mass is 16.5. The van der Waals surface area contributed by atoms with Crippen LogP contribution in [0.5, 0.6) is 11.5 Å². The lowest BCUT2D eigenvalue weighted by atomic mass is 10.0. The first kappa shape index (κ1) is 20.3. The Morgan fingerprint density at radius 1 is 1.07 bits per heavy atom. The van der Waals surface area contributed by atoms with Gasteiger partial charge in [-0.25, -0.2) is 0 Å². The number of hydrogen-bond donors (Lipinski definition) is 3. The van der Waals surface area contributed by atoms with E-state index in [9.17, 15) is 14.7 Å². The van der Waals surface area contributed by atoms with E-state index in [1.807, 2.05) is 30.5 Å². The van der Waals surface area contributed by atoms with E-state index in [4.69, 9.17) is 9.47 Å². The normalized spacial score (nSPS) is 11.8. The zero-order valence-corrected chi connectivity index (χ0v) is 16.4. The van der Waals surface area contributed by atoms with Crippen molar-refractivity contribution < 1.29 is 24.2 Å². The Hall–Kier alpha value is -3.48. The maximum absolute atomic E-state index is 12.5. The average Bonchev–Trinajstić information content (AvgIpc) is 3.18. The number of aryl methyl sites for hydroxylation is 1. The second-order valence-corrected chi connectivity index (χ2v) is 6.73. The standard InChI is InChI=1S/C22H24N2O5/c1-28-19-7-5-15(12-20(19)29-2)18(13-22(26)27)24-21(25)8-4-14-3-6-17-16(11-14)9-10-23-17/h3,5-7,9-12,18,23H,4,8,13H2,1-2H3,(H,24,25)(H,26,27). The fourth-order valence-corrected chi connectivity index (χ4v) is 3.28. The maximum atomic E-state index is 12.5. The van der Waals surface area contributed by atoms with Crippen LogP contribution in [0.4, 0.5) is 0 Å². The minimum atomic E-state index is -0.997. The summed E-state index contributed by atoms with van der Waals surface area (Å²) < 4.78 is 10.5. The summed E-state index contributed by atoms with van der Waals surface area (Å²) in [5, 5.41) is 13.2. The van der Waals surface area contributed by atoms with Gasteiger partial charge >= 0.3 is 5.97 Å². The molecule has 7 heteroatoms. The molecule has 1 amide bonds. The molecule has 0 aliphatic carbocycles. The van der Waals surface area contributed by atoms with Crippen molar-refractivity contribution in [1.82, 2.24) is 10.3 Å². The minimum absolute atomic E-state index is 0.208. The molecule has 2 aromatic carbocycles. The van der Waals surface area contributed by atoms with Gasteiger partial charge in [0.1, 0.15) is 0 Å². The fraction of sp³-hybridized carbons (Fsp3) is 0.273. The molecule has 0 aliphatic rings. The lowest BCUT2D eigenvalue weighted by molar-refractivity contribution is -0.137. The first-order valence-corrected chi connectivity index (χ1v) is 9.29. The van der Waals surface area contributed by atoms with E-state index in [0.717, 1.165) is 16.5 Å². The number of ether oxygens (including phenoxy) is 2. The lowest BCUT2D eigenvalue weighted by Crippen LogP contribution is -2.30. The highest BCUT2D eigenvalue weighted by Gasteiger charge is 2.20. The van der Waals surface area contributed by atoms with Crippen molar-refractivity contribution >= 4 is 22.8 Å². The molecule has 1 unspecified atom stereocenters. The van der Waals surface area contributed by atoms with Crippen molar-refractivity contribution in [2.75, 3.05) is 14.2 Å². The zero-order chi connectivity index (χ0) is 20.8. The van der Waals surface area contributed by atoms with Crippen LogP contribution in [-0.2, 0) is 16.0 Å². The van der Waals surface area contributed by atoms with E-state index in [1.165, 1.54) is 14.2 Å². The Bertz CT molecular complexity index is 1010. The number of carbonyl (C=O) groups excluding carboxylic acids is 1. The number of aromatic amines is 1. The Kier molecular flexibility index (Phi) is 6.39. The molecule has 7 nitrogen and oxygen atoms in total. The number of H-pyrrole nitrogens is 1. The quantitative estimate of drug-likeness (QED) is 0.514. The fourth-order valence-electron chi connectivity index (χ4n) is 3.28. The van der Waals surface area contributed by atoms with Gasteiger partial charge in [0.25, 0.3) is 0 Å². The number of carbonyl (C=O) groups is 2. The van der Waals surface area contributed by atoms with Crippen molar-refractivity contribution in [3.05, 3.63) is 59.8 Å². The van der Waals surface area contributed by atoms with Crippen molar-refractivity contribution in [2.45, 2.75) is 25.3 Å². The number of amides is 1. The van der Waals surface area contributed by atoms with Gasteiger partial charge in [0.2, 0.25) is 5.91 Å². The molecule has 0 saturated heterocycles. The van der Waals surface area contributed by atoms with Crippen molar-refractivity contribution in [1.29, 1.82) is 0 Å². The van der Waals surface area contributed by atoms with Gasteiger partial charge in [-0.3, -0.25) is 9.59 Å². The number of fused-ring (bicyclic) bond motifs is 1. The van der Waals surface area contributed by atoms with Gasteiger partial charge in [0.05, 0.1) is 26.7 Å². The molecule has 3 N–H and O–H groups in total. The Morgan fingerprint density at radius 3 is 2.59 bits per heavy atom. The summed E-state index contributed by atoms with van der Waals surface area (Å²) in [4.78, 5) is 27.0. The summed E-state index contributed by atoms with van der Waals surface area (Å²) >= 11 is 0. The van der Waals surface area contributed by atoms with Crippen LogP contribution in [-0.4, -0.2) is 36.2 Å². The van der Waals surface area contributed by atoms with Crippen LogP contribution in [0.2, 0.25) is 0 Å². The van der Waals surface area contributed by atoms with Crippen molar-refractivity contribution in [3.8, 4) is 11.5 Å². The molecule has 3 aromatic rings. The van der Waals surface area contributed by atoms with E-state index in [1.54, 1.807) is 18.2 Å². The van der Waals surface area contributed by atoms with Gasteiger partial charge in [-0.1, -0.05) is 12.1 Å². The molecule has 1 aromatic heterocycles. The first-order chi connectivity index (χ1) is 14.0. The second kappa shape index (κ2) is 9.14. The molecule has 0 saturated carbocycles. The second-order valence-electron chi connectivity index (χ2n) is 6.73. The minimum Gasteiger partial charge on any atom is -0.493 e. The molecular weight excluding hydrogens is 372 g/mol. The van der Waals surface area contributed by atoms with Gasteiger partial charge in [0, 0.05) is 18.1 Å². The molecule has 1 heterocycles. The van der Waals surface area contributed by atoms with Crippen LogP contribution >= 0.6 is 0 Å². The average molecular weight is 396 g/mol. The van der Waals surface area contributed by atoms with Gasteiger partial charge in [-0.2, -0.15) is 0 Å². The molecular formula is C22H24N2O5. The predicted octanol–water partition coefficient (Wildman–Crippen LogP) is 3.45. The van der Waals surface area contributed by atoms with E-state index >= 15 is 0 Å². The highest BCUT2D eigenvalue weighted by molar-refractivity contribution is 5.81. The van der Waals surface area contributed by atoms with E-state index in [2.05, 4.69) is 10.3 Å². The summed E-state index contributed by atoms with van der Waals surface area (Å²) in [6.07, 6.45) is 2.48. The number of hydrogen-bond acceptors (Lipinski definition) is 4. The lowest BCUT2D eigenvalue weighted by Gasteiger charge is -2.19. The van der Waals surface area contributed by atoms with Gasteiger partial charge in [-0.05, 0) is 53.3 Å². The number of nitrogens with one attached hydrogen (secondary N) is 2. The van der Waals surface area contributed by atoms with Crippen LogP contribution < -0.4 is 14.8 Å². The van der Waals surface area contributed by atoms with Crippen LogP contribution in [0, 0.1) is 0 Å². The maximum Gasteiger partial charge on any atom is 0.305 e. The van der Waals surface area contributed by atoms with Crippen LogP contribution in [0.1, 0.15) is 30.0 Å². The van der Waals surface area contributed by atoms with E-state index in [-0.39, 0.29) is 18.7 Å². The van der Waals surface area contributed by atoms with Gasteiger partial charge in [-0.15, -0.1) is 0 Å². The topological polar surface area (TPSA) is 101 Å². The molecule has 152 valence electrons. The number of aliphatic carboxylic acids is 1. The molecule has 0 spiro atoms. The monoisotopic (exact) mass is 396 g/mol. The Balaban J connectivity index is 1.68. The number of carboxylic acids is 1. The molecule has 0 fully saturated rings. The SMILES string of the molecule is COc1ccc(C(CC(=O)O)NC(=O)CCc2ccc3[nH]ccc3c2)cc1OC. The zero-order valence-electron chi connectivity index (χ0n) is 16.4. The molecule has 29 heavy (non-hydrogen) atoms. The molecule has 0 bridgehead atoms. The van der Waals surface area contributed by atoms with Gasteiger partial charge < -0.3 is 24.9 Å². The molecule has 3 rings (SSSR count). The summed E-state index contributed by atoms with van der Waals surface area (Å²) in [5.74, 6) is -0.186. The van der Waals surface area contributed by atoms with Crippen LogP contribution in [0.3, 0.4) is 0 Å². The highest BCUT2D eigenvalue weighted by Crippen LogP contribution is 2.31. The summed E-state index contributed by atoms with van der Waals surface area (Å²) in [7, 11) is 3.03. The molecule has 1 atom stereocenters. The third-order valence-corrected chi connectivity index (χ3v) is 4.78. The van der Waals surface area contributed by atoms with Gasteiger partial charge in [0.15, 0.2) is 11.5 Å². The Morgan fingerprint density at radius 2 is 1.86 bits per heavy atom. The third kappa shape index (κ3) is 5.07. The number of benzene rings is 2. The third-order valence-electron chi connectivity index (χ3n) is 4.78. The molecule has 0 radical (unpaired) electrons. The summed E-state index contributed by atoms with van der Waals surface area (Å²) in [5.41, 5.74) is 2.74. The number of methoxy groups -OCH3 is 2. The van der Waals surface area contributed by atoms with Crippen LogP contribution in [0.15, 0.2) is 48.7 Å². The van der Waals surface area contributed by atoms with Crippen molar-refractivity contribution in [3.63, 3.8) is 0 Å². The summed E-state index contributed by atoms with van der Waals surface area (Å²) in [6.45, 7) is 0. The Labute approximate surface area is 168 Å². The molecule has 0 aliphatic heterocycles. The number of aromatic nitrogens is 1. The summed E-state index contributed by atoms with van der Waals surface area (Å²) in [6, 6.07) is 12.4. The van der Waals surface area contributed by atoms with Crippen LogP contribution in [0.25, 0.3) is 10.9 Å².